The van der Waals surface area contributed by atoms with Gasteiger partial charge in [0.15, 0.2) is 5.78 Å². The standard InChI is InChI=1S/C15H22O4/c1-6-15(3,19-7-2)14(16)11-8-12(17-4)10-13(9-11)18-5/h8-10H,6-7H2,1-5H3. The summed E-state index contributed by atoms with van der Waals surface area (Å²) in [4.78, 5) is 12.6. The summed E-state index contributed by atoms with van der Waals surface area (Å²) >= 11 is 0. The molecule has 0 N–H and O–H groups in total. The lowest BCUT2D eigenvalue weighted by atomic mass is 9.91. The van der Waals surface area contributed by atoms with Crippen LogP contribution in [-0.2, 0) is 4.74 Å². The molecular weight excluding hydrogens is 244 g/mol. The van der Waals surface area contributed by atoms with Gasteiger partial charge in [-0.1, -0.05) is 6.92 Å². The van der Waals surface area contributed by atoms with E-state index in [1.54, 1.807) is 32.4 Å². The van der Waals surface area contributed by atoms with Crippen LogP contribution in [0.3, 0.4) is 0 Å². The Balaban J connectivity index is 3.17. The number of carbonyl (C=O) groups excluding carboxylic acids is 1. The van der Waals surface area contributed by atoms with Gasteiger partial charge in [0.05, 0.1) is 14.2 Å². The highest BCUT2D eigenvalue weighted by Crippen LogP contribution is 2.28. The van der Waals surface area contributed by atoms with Crippen molar-refractivity contribution in [2.45, 2.75) is 32.8 Å². The first kappa shape index (κ1) is 15.5. The molecule has 1 unspecified atom stereocenters. The normalized spacial score (nSPS) is 13.7. The van der Waals surface area contributed by atoms with Gasteiger partial charge in [0.1, 0.15) is 17.1 Å². The van der Waals surface area contributed by atoms with Crippen LogP contribution in [0.15, 0.2) is 18.2 Å². The van der Waals surface area contributed by atoms with Crippen LogP contribution >= 0.6 is 0 Å². The minimum absolute atomic E-state index is 0.0611. The van der Waals surface area contributed by atoms with Crippen LogP contribution in [0, 0.1) is 0 Å². The minimum atomic E-state index is -0.813. The molecule has 0 aromatic heterocycles. The van der Waals surface area contributed by atoms with E-state index in [0.717, 1.165) is 0 Å². The van der Waals surface area contributed by atoms with Gasteiger partial charge in [0.25, 0.3) is 0 Å². The van der Waals surface area contributed by atoms with Gasteiger partial charge in [-0.3, -0.25) is 4.79 Å². The molecular formula is C15H22O4. The number of ketones is 1. The lowest BCUT2D eigenvalue weighted by molar-refractivity contribution is -0.0116. The molecule has 19 heavy (non-hydrogen) atoms. The van der Waals surface area contributed by atoms with E-state index in [4.69, 9.17) is 14.2 Å². The second-order valence-electron chi connectivity index (χ2n) is 4.45. The third kappa shape index (κ3) is 3.47. The fourth-order valence-corrected chi connectivity index (χ4v) is 1.89. The van der Waals surface area contributed by atoms with Gasteiger partial charge in [0, 0.05) is 18.2 Å². The molecule has 0 radical (unpaired) electrons. The number of Topliss-reactive ketones (excluding diaryl/α,β-unsaturated/α-hetero) is 1. The average molecular weight is 266 g/mol. The van der Waals surface area contributed by atoms with E-state index in [2.05, 4.69) is 0 Å². The van der Waals surface area contributed by atoms with Crippen molar-refractivity contribution in [2.24, 2.45) is 0 Å². The van der Waals surface area contributed by atoms with E-state index in [1.807, 2.05) is 20.8 Å². The van der Waals surface area contributed by atoms with Crippen LogP contribution < -0.4 is 9.47 Å². The quantitative estimate of drug-likeness (QED) is 0.711. The van der Waals surface area contributed by atoms with Crippen LogP contribution in [0.5, 0.6) is 11.5 Å². The van der Waals surface area contributed by atoms with Crippen LogP contribution in [0.2, 0.25) is 0 Å². The Kier molecular flexibility index (Phi) is 5.36. The van der Waals surface area contributed by atoms with Crippen molar-refractivity contribution in [1.82, 2.24) is 0 Å². The van der Waals surface area contributed by atoms with Crippen molar-refractivity contribution in [2.75, 3.05) is 20.8 Å². The largest absolute Gasteiger partial charge is 0.497 e. The number of carbonyl (C=O) groups is 1. The van der Waals surface area contributed by atoms with Gasteiger partial charge in [-0.25, -0.2) is 0 Å². The van der Waals surface area contributed by atoms with Gasteiger partial charge in [-0.15, -0.1) is 0 Å². The minimum Gasteiger partial charge on any atom is -0.497 e. The third-order valence-corrected chi connectivity index (χ3v) is 3.23. The Labute approximate surface area is 114 Å². The van der Waals surface area contributed by atoms with Gasteiger partial charge in [-0.05, 0) is 32.4 Å². The molecule has 106 valence electrons. The van der Waals surface area contributed by atoms with Crippen molar-refractivity contribution in [3.63, 3.8) is 0 Å². The second kappa shape index (κ2) is 6.57. The highest BCUT2D eigenvalue weighted by molar-refractivity contribution is 6.02. The average Bonchev–Trinajstić information content (AvgIpc) is 2.45. The summed E-state index contributed by atoms with van der Waals surface area (Å²) in [7, 11) is 3.12. The van der Waals surface area contributed by atoms with Crippen LogP contribution in [0.25, 0.3) is 0 Å². The monoisotopic (exact) mass is 266 g/mol. The van der Waals surface area contributed by atoms with Gasteiger partial charge < -0.3 is 14.2 Å². The molecule has 0 bridgehead atoms. The number of benzene rings is 1. The smallest absolute Gasteiger partial charge is 0.194 e. The maximum Gasteiger partial charge on any atom is 0.194 e. The fourth-order valence-electron chi connectivity index (χ4n) is 1.89. The molecule has 0 aliphatic carbocycles. The Morgan fingerprint density at radius 3 is 2.00 bits per heavy atom. The van der Waals surface area contributed by atoms with Gasteiger partial charge in [-0.2, -0.15) is 0 Å². The Morgan fingerprint density at radius 1 is 1.11 bits per heavy atom. The van der Waals surface area contributed by atoms with Crippen molar-refractivity contribution < 1.29 is 19.0 Å². The molecule has 0 aliphatic heterocycles. The number of rotatable bonds is 7. The zero-order valence-electron chi connectivity index (χ0n) is 12.3. The molecule has 1 rings (SSSR count). The van der Waals surface area contributed by atoms with Crippen LogP contribution in [0.1, 0.15) is 37.6 Å². The Hall–Kier alpha value is -1.55. The lowest BCUT2D eigenvalue weighted by Crippen LogP contribution is -2.38. The first-order valence-corrected chi connectivity index (χ1v) is 6.42. The van der Waals surface area contributed by atoms with E-state index in [9.17, 15) is 4.79 Å². The number of ether oxygens (including phenoxy) is 3. The molecule has 1 aromatic carbocycles. The van der Waals surface area contributed by atoms with E-state index >= 15 is 0 Å². The van der Waals surface area contributed by atoms with Gasteiger partial charge >= 0.3 is 0 Å². The second-order valence-corrected chi connectivity index (χ2v) is 4.45. The Bertz CT molecular complexity index is 420. The van der Waals surface area contributed by atoms with E-state index in [0.29, 0.717) is 30.1 Å². The summed E-state index contributed by atoms with van der Waals surface area (Å²) in [6.07, 6.45) is 0.610. The van der Waals surface area contributed by atoms with Crippen LogP contribution in [-0.4, -0.2) is 32.2 Å². The summed E-state index contributed by atoms with van der Waals surface area (Å²) in [5.74, 6) is 1.13. The maximum absolute atomic E-state index is 12.6. The molecule has 1 aromatic rings. The van der Waals surface area contributed by atoms with Crippen molar-refractivity contribution in [3.05, 3.63) is 23.8 Å². The van der Waals surface area contributed by atoms with Crippen LogP contribution in [0.4, 0.5) is 0 Å². The predicted molar refractivity (Wildman–Crippen MR) is 74.2 cm³/mol. The number of hydrogen-bond donors (Lipinski definition) is 0. The van der Waals surface area contributed by atoms with E-state index in [-0.39, 0.29) is 5.78 Å². The molecule has 1 atom stereocenters. The Morgan fingerprint density at radius 2 is 1.63 bits per heavy atom. The first-order chi connectivity index (χ1) is 9.00. The topological polar surface area (TPSA) is 44.8 Å². The molecule has 4 nitrogen and oxygen atoms in total. The predicted octanol–water partition coefficient (Wildman–Crippen LogP) is 3.09. The number of methoxy groups -OCH3 is 2. The molecule has 0 saturated carbocycles. The third-order valence-electron chi connectivity index (χ3n) is 3.23. The molecule has 0 aliphatic rings. The molecule has 0 saturated heterocycles. The fraction of sp³-hybridized carbons (Fsp3) is 0.533. The van der Waals surface area contributed by atoms with Crippen molar-refractivity contribution in [1.29, 1.82) is 0 Å². The zero-order chi connectivity index (χ0) is 14.5. The maximum atomic E-state index is 12.6. The molecule has 0 fully saturated rings. The van der Waals surface area contributed by atoms with E-state index < -0.39 is 5.60 Å². The van der Waals surface area contributed by atoms with Crippen molar-refractivity contribution in [3.8, 4) is 11.5 Å². The molecule has 0 amide bonds. The molecule has 0 heterocycles. The van der Waals surface area contributed by atoms with Crippen molar-refractivity contribution >= 4 is 5.78 Å². The van der Waals surface area contributed by atoms with Gasteiger partial charge in [0.2, 0.25) is 0 Å². The first-order valence-electron chi connectivity index (χ1n) is 6.42. The highest BCUT2D eigenvalue weighted by Gasteiger charge is 2.33. The summed E-state index contributed by atoms with van der Waals surface area (Å²) < 4.78 is 16.0. The summed E-state index contributed by atoms with van der Waals surface area (Å²) in [6.45, 7) is 6.13. The number of hydrogen-bond acceptors (Lipinski definition) is 4. The lowest BCUT2D eigenvalue weighted by Gasteiger charge is -2.26. The summed E-state index contributed by atoms with van der Waals surface area (Å²) in [5, 5.41) is 0. The molecule has 0 spiro atoms. The highest BCUT2D eigenvalue weighted by atomic mass is 16.5. The summed E-state index contributed by atoms with van der Waals surface area (Å²) in [6, 6.07) is 5.15. The van der Waals surface area contributed by atoms with E-state index in [1.165, 1.54) is 0 Å². The molecule has 4 heteroatoms. The SMILES string of the molecule is CCOC(C)(CC)C(=O)c1cc(OC)cc(OC)c1. The zero-order valence-corrected chi connectivity index (χ0v) is 12.3. The summed E-state index contributed by atoms with van der Waals surface area (Å²) in [5.41, 5.74) is -0.277.